The summed E-state index contributed by atoms with van der Waals surface area (Å²) in [6, 6.07) is 16.3. The highest BCUT2D eigenvalue weighted by Gasteiger charge is 2.36. The topological polar surface area (TPSA) is 54.0 Å². The van der Waals surface area contributed by atoms with Crippen LogP contribution in [-0.4, -0.2) is 26.6 Å². The molecule has 5 nitrogen and oxygen atoms in total. The van der Waals surface area contributed by atoms with Gasteiger partial charge in [-0.15, -0.1) is 0 Å². The van der Waals surface area contributed by atoms with Gasteiger partial charge in [0.05, 0.1) is 31.5 Å². The van der Waals surface area contributed by atoms with E-state index in [2.05, 4.69) is 48.6 Å². The Bertz CT molecular complexity index is 1720. The van der Waals surface area contributed by atoms with Gasteiger partial charge in [-0.1, -0.05) is 54.6 Å². The first kappa shape index (κ1) is 23.4. The van der Waals surface area contributed by atoms with E-state index in [1.165, 1.54) is 0 Å². The van der Waals surface area contributed by atoms with Crippen LogP contribution in [0.5, 0.6) is 23.0 Å². The Kier molecular flexibility index (Phi) is 5.34. The molecule has 0 spiro atoms. The highest BCUT2D eigenvalue weighted by atomic mass is 16.5. The van der Waals surface area contributed by atoms with E-state index in [1.54, 1.807) is 20.5 Å². The second-order valence-corrected chi connectivity index (χ2v) is 9.91. The Morgan fingerprint density at radius 1 is 0.846 bits per heavy atom. The van der Waals surface area contributed by atoms with Gasteiger partial charge in [-0.25, -0.2) is 0 Å². The maximum Gasteiger partial charge on any atom is 0.167 e. The van der Waals surface area contributed by atoms with Crippen molar-refractivity contribution in [3.05, 3.63) is 117 Å². The molecule has 0 amide bonds. The van der Waals surface area contributed by atoms with E-state index in [1.807, 2.05) is 42.5 Å². The number of carbonyl (C=O) groups excluding carboxylic acids is 1. The summed E-state index contributed by atoms with van der Waals surface area (Å²) in [6.45, 7) is 0.352. The molecule has 5 heteroatoms. The van der Waals surface area contributed by atoms with Gasteiger partial charge in [0.1, 0.15) is 29.6 Å². The minimum absolute atomic E-state index is 0.0898. The molecule has 2 heterocycles. The summed E-state index contributed by atoms with van der Waals surface area (Å²) in [5.74, 6) is 3.04. The lowest BCUT2D eigenvalue weighted by Gasteiger charge is -2.34. The van der Waals surface area contributed by atoms with Gasteiger partial charge in [0, 0.05) is 28.3 Å². The van der Waals surface area contributed by atoms with Crippen molar-refractivity contribution in [2.45, 2.75) is 11.8 Å². The quantitative estimate of drug-likeness (QED) is 0.498. The highest BCUT2D eigenvalue weighted by molar-refractivity contribution is 6.25. The standard InChI is InChI=1S/C34H26O5/c1-36-24-12-8-22(9-13-24)34(23-10-14-25(37-2)15-11-23)17-16-27-28(19-34)26-6-4-18-38-32(26)31-30-21(20-39-33(27)31)5-3-7-29(30)35/h3-6,8-19H,7,20H2,1-2H3. The molecule has 0 N–H and O–H groups in total. The predicted octanol–water partition coefficient (Wildman–Crippen LogP) is 4.86. The molecule has 0 saturated carbocycles. The van der Waals surface area contributed by atoms with Gasteiger partial charge < -0.3 is 18.9 Å². The van der Waals surface area contributed by atoms with Gasteiger partial charge in [0.15, 0.2) is 5.78 Å². The molecule has 0 unspecified atom stereocenters. The van der Waals surface area contributed by atoms with Crippen molar-refractivity contribution in [1.29, 1.82) is 0 Å². The average Bonchev–Trinajstić information content (AvgIpc) is 3.00. The van der Waals surface area contributed by atoms with E-state index in [9.17, 15) is 4.79 Å². The summed E-state index contributed by atoms with van der Waals surface area (Å²) in [4.78, 5) is 13.1. The number of benzene rings is 3. The molecule has 192 valence electrons. The van der Waals surface area contributed by atoms with Crippen molar-refractivity contribution < 1.29 is 23.7 Å². The Balaban J connectivity index is 1.55. The van der Waals surface area contributed by atoms with Crippen LogP contribution in [0.25, 0.3) is 23.8 Å². The van der Waals surface area contributed by atoms with Crippen molar-refractivity contribution in [3.63, 3.8) is 0 Å². The molecule has 4 aliphatic rings. The normalized spacial score (nSPS) is 17.4. The SMILES string of the molecule is COc1ccc(C2(c3ccc(OC)cc3)C=Cc3c4c(c5c(c3=C2)=CC=CO5)C2=C(C=CCC2=O)CO4)cc1. The monoisotopic (exact) mass is 514 g/mol. The largest absolute Gasteiger partial charge is 0.497 e. The van der Waals surface area contributed by atoms with Gasteiger partial charge in [-0.3, -0.25) is 4.79 Å². The van der Waals surface area contributed by atoms with E-state index in [0.29, 0.717) is 30.1 Å². The Hall–Kier alpha value is -4.77. The van der Waals surface area contributed by atoms with Crippen molar-refractivity contribution in [2.75, 3.05) is 20.8 Å². The molecule has 0 bridgehead atoms. The number of rotatable bonds is 4. The number of ketones is 1. The van der Waals surface area contributed by atoms with Crippen LogP contribution in [-0.2, 0) is 10.2 Å². The minimum Gasteiger partial charge on any atom is -0.497 e. The molecule has 2 aliphatic carbocycles. The minimum atomic E-state index is -0.578. The second kappa shape index (κ2) is 8.91. The first-order chi connectivity index (χ1) is 19.1. The first-order valence-corrected chi connectivity index (χ1v) is 12.9. The van der Waals surface area contributed by atoms with Crippen LogP contribution in [0.4, 0.5) is 0 Å². The molecule has 2 aliphatic heterocycles. The average molecular weight is 515 g/mol. The molecular formula is C34H26O5. The number of carbonyl (C=O) groups is 1. The zero-order chi connectivity index (χ0) is 26.6. The maximum atomic E-state index is 13.1. The van der Waals surface area contributed by atoms with Gasteiger partial charge in [0.2, 0.25) is 0 Å². The zero-order valence-electron chi connectivity index (χ0n) is 21.7. The van der Waals surface area contributed by atoms with Crippen LogP contribution in [0.15, 0.2) is 84.7 Å². The summed E-state index contributed by atoms with van der Waals surface area (Å²) in [6.07, 6.45) is 16.5. The van der Waals surface area contributed by atoms with Gasteiger partial charge in [-0.2, -0.15) is 0 Å². The van der Waals surface area contributed by atoms with E-state index in [-0.39, 0.29) is 5.78 Å². The van der Waals surface area contributed by atoms with Crippen molar-refractivity contribution in [2.24, 2.45) is 0 Å². The molecule has 0 saturated heterocycles. The summed E-state index contributed by atoms with van der Waals surface area (Å²) in [7, 11) is 3.34. The van der Waals surface area contributed by atoms with Gasteiger partial charge in [0.25, 0.3) is 0 Å². The number of hydrogen-bond acceptors (Lipinski definition) is 5. The molecule has 0 atom stereocenters. The number of allylic oxidation sites excluding steroid dienone is 4. The van der Waals surface area contributed by atoms with Gasteiger partial charge >= 0.3 is 0 Å². The molecule has 0 radical (unpaired) electrons. The van der Waals surface area contributed by atoms with E-state index in [4.69, 9.17) is 18.9 Å². The molecular weight excluding hydrogens is 488 g/mol. The lowest BCUT2D eigenvalue weighted by molar-refractivity contribution is -0.113. The molecule has 7 rings (SSSR count). The zero-order valence-corrected chi connectivity index (χ0v) is 21.7. The fraction of sp³-hybridized carbons (Fsp3) is 0.147. The molecule has 3 aromatic carbocycles. The Labute approximate surface area is 226 Å². The third kappa shape index (κ3) is 3.50. The number of methoxy groups -OCH3 is 2. The smallest absolute Gasteiger partial charge is 0.167 e. The summed E-state index contributed by atoms with van der Waals surface area (Å²) in [5.41, 5.74) is 4.90. The third-order valence-electron chi connectivity index (χ3n) is 7.92. The molecule has 0 fully saturated rings. The van der Waals surface area contributed by atoms with Crippen molar-refractivity contribution in [3.8, 4) is 23.0 Å². The van der Waals surface area contributed by atoms with Crippen molar-refractivity contribution in [1.82, 2.24) is 0 Å². The summed E-state index contributed by atoms with van der Waals surface area (Å²) >= 11 is 0. The van der Waals surface area contributed by atoms with E-state index < -0.39 is 5.41 Å². The van der Waals surface area contributed by atoms with E-state index in [0.717, 1.165) is 49.8 Å². The lowest BCUT2D eigenvalue weighted by Crippen LogP contribution is -2.39. The predicted molar refractivity (Wildman–Crippen MR) is 151 cm³/mol. The second-order valence-electron chi connectivity index (χ2n) is 9.91. The van der Waals surface area contributed by atoms with Crippen LogP contribution in [0.2, 0.25) is 0 Å². The van der Waals surface area contributed by atoms with E-state index >= 15 is 0 Å². The van der Waals surface area contributed by atoms with Crippen LogP contribution < -0.4 is 29.4 Å². The Morgan fingerprint density at radius 2 is 1.54 bits per heavy atom. The highest BCUT2D eigenvalue weighted by Crippen LogP contribution is 2.45. The lowest BCUT2D eigenvalue weighted by atomic mass is 9.70. The fourth-order valence-corrected chi connectivity index (χ4v) is 5.98. The Morgan fingerprint density at radius 3 is 2.21 bits per heavy atom. The third-order valence-corrected chi connectivity index (χ3v) is 7.92. The van der Waals surface area contributed by atoms with Gasteiger partial charge in [-0.05, 0) is 52.8 Å². The molecule has 39 heavy (non-hydrogen) atoms. The molecule has 3 aromatic rings. The number of ether oxygens (including phenoxy) is 4. The van der Waals surface area contributed by atoms with Crippen LogP contribution in [0.3, 0.4) is 0 Å². The maximum absolute atomic E-state index is 13.1. The summed E-state index contributed by atoms with van der Waals surface area (Å²) < 4.78 is 23.4. The number of fused-ring (bicyclic) bond motifs is 7. The number of Topliss-reactive ketones (excluding diaryl/α,β-unsaturated/α-hetero) is 1. The van der Waals surface area contributed by atoms with Crippen LogP contribution in [0, 0.1) is 0 Å². The summed E-state index contributed by atoms with van der Waals surface area (Å²) in [5, 5.41) is 1.94. The fourth-order valence-electron chi connectivity index (χ4n) is 5.98. The number of hydrogen-bond donors (Lipinski definition) is 0. The van der Waals surface area contributed by atoms with Crippen LogP contribution in [0.1, 0.15) is 28.7 Å². The van der Waals surface area contributed by atoms with Crippen LogP contribution >= 0.6 is 0 Å². The molecule has 0 aromatic heterocycles. The van der Waals surface area contributed by atoms with Crippen molar-refractivity contribution >= 4 is 29.6 Å². The first-order valence-electron chi connectivity index (χ1n) is 12.9.